The van der Waals surface area contributed by atoms with Crippen LogP contribution in [-0.2, 0) is 22.6 Å². The first kappa shape index (κ1) is 18.1. The molecule has 150 valence electrons. The van der Waals surface area contributed by atoms with E-state index < -0.39 is 0 Å². The molecule has 7 nitrogen and oxygen atoms in total. The predicted octanol–water partition coefficient (Wildman–Crippen LogP) is 2.63. The molecule has 5 rings (SSSR count). The van der Waals surface area contributed by atoms with Crippen molar-refractivity contribution in [2.24, 2.45) is 0 Å². The highest BCUT2D eigenvalue weighted by Crippen LogP contribution is 2.24. The summed E-state index contributed by atoms with van der Waals surface area (Å²) >= 11 is 0. The summed E-state index contributed by atoms with van der Waals surface area (Å²) in [4.78, 5) is 31.8. The van der Waals surface area contributed by atoms with E-state index in [0.717, 1.165) is 31.4 Å². The summed E-state index contributed by atoms with van der Waals surface area (Å²) in [5, 5.41) is 3.03. The maximum absolute atomic E-state index is 13.2. The summed E-state index contributed by atoms with van der Waals surface area (Å²) in [6.07, 6.45) is 3.39. The van der Waals surface area contributed by atoms with Gasteiger partial charge in [-0.05, 0) is 49.1 Å². The van der Waals surface area contributed by atoms with Gasteiger partial charge in [-0.15, -0.1) is 0 Å². The lowest BCUT2D eigenvalue weighted by molar-refractivity contribution is -0.132. The number of aromatic nitrogens is 3. The number of carbonyl (C=O) groups excluding carboxylic acids is 1. The van der Waals surface area contributed by atoms with Crippen molar-refractivity contribution in [3.05, 3.63) is 57.8 Å². The van der Waals surface area contributed by atoms with Gasteiger partial charge in [0.1, 0.15) is 5.82 Å². The Hall–Kier alpha value is -3.00. The molecule has 2 aliphatic heterocycles. The first-order valence-electron chi connectivity index (χ1n) is 9.87. The Bertz CT molecular complexity index is 1130. The van der Waals surface area contributed by atoms with Gasteiger partial charge in [0.15, 0.2) is 5.65 Å². The Balaban J connectivity index is 1.36. The van der Waals surface area contributed by atoms with Crippen LogP contribution in [0.5, 0.6) is 0 Å². The zero-order valence-corrected chi connectivity index (χ0v) is 15.9. The minimum atomic E-state index is -0.316. The minimum Gasteiger partial charge on any atom is -0.378 e. The number of hydrogen-bond acceptors (Lipinski definition) is 4. The molecule has 1 unspecified atom stereocenters. The Kier molecular flexibility index (Phi) is 4.43. The number of H-pyrrole nitrogens is 1. The molecule has 8 heteroatoms. The average Bonchev–Trinajstić information content (AvgIpc) is 3.46. The number of fused-ring (bicyclic) bond motifs is 2. The van der Waals surface area contributed by atoms with Crippen LogP contribution in [0.2, 0.25) is 0 Å². The molecule has 0 spiro atoms. The third kappa shape index (κ3) is 3.33. The number of aromatic amines is 1. The zero-order chi connectivity index (χ0) is 20.0. The van der Waals surface area contributed by atoms with Gasteiger partial charge >= 0.3 is 0 Å². The number of nitrogens with one attached hydrogen (secondary N) is 1. The maximum atomic E-state index is 13.2. The molecule has 1 N–H and O–H groups in total. The lowest BCUT2D eigenvalue weighted by atomic mass is 10.1. The van der Waals surface area contributed by atoms with Crippen molar-refractivity contribution in [2.45, 2.75) is 44.9 Å². The summed E-state index contributed by atoms with van der Waals surface area (Å²) in [7, 11) is 0. The molecular formula is C21H21FN4O3. The second kappa shape index (κ2) is 7.11. The molecule has 1 atom stereocenters. The van der Waals surface area contributed by atoms with Gasteiger partial charge in [-0.25, -0.2) is 13.9 Å². The highest BCUT2D eigenvalue weighted by molar-refractivity contribution is 5.77. The second-order valence-electron chi connectivity index (χ2n) is 7.64. The highest BCUT2D eigenvalue weighted by Gasteiger charge is 2.29. The van der Waals surface area contributed by atoms with Crippen LogP contribution < -0.4 is 5.56 Å². The fourth-order valence-electron chi connectivity index (χ4n) is 4.09. The Morgan fingerprint density at radius 1 is 1.28 bits per heavy atom. The van der Waals surface area contributed by atoms with E-state index in [-0.39, 0.29) is 29.9 Å². The van der Waals surface area contributed by atoms with E-state index in [0.29, 0.717) is 35.6 Å². The van der Waals surface area contributed by atoms with Crippen molar-refractivity contribution in [2.75, 3.05) is 6.61 Å². The third-order valence-corrected chi connectivity index (χ3v) is 5.70. The summed E-state index contributed by atoms with van der Waals surface area (Å²) in [6, 6.07) is 7.80. The van der Waals surface area contributed by atoms with Crippen LogP contribution in [-0.4, -0.2) is 38.1 Å². The number of hydrogen-bond donors (Lipinski definition) is 1. The normalized spacial score (nSPS) is 18.5. The topological polar surface area (TPSA) is 79.7 Å². The molecular weight excluding hydrogens is 375 g/mol. The monoisotopic (exact) mass is 396 g/mol. The van der Waals surface area contributed by atoms with Gasteiger partial charge in [0.25, 0.3) is 5.56 Å². The van der Waals surface area contributed by atoms with Gasteiger partial charge in [0, 0.05) is 19.1 Å². The molecule has 1 saturated heterocycles. The molecule has 1 aromatic carbocycles. The fourth-order valence-corrected chi connectivity index (χ4v) is 4.09. The molecule has 0 bridgehead atoms. The van der Waals surface area contributed by atoms with Gasteiger partial charge in [-0.2, -0.15) is 0 Å². The van der Waals surface area contributed by atoms with E-state index in [2.05, 4.69) is 10.1 Å². The highest BCUT2D eigenvalue weighted by atomic mass is 19.1. The molecule has 1 fully saturated rings. The van der Waals surface area contributed by atoms with E-state index in [4.69, 9.17) is 4.74 Å². The lowest BCUT2D eigenvalue weighted by Crippen LogP contribution is -2.27. The summed E-state index contributed by atoms with van der Waals surface area (Å²) in [6.45, 7) is 1.41. The molecule has 1 amide bonds. The van der Waals surface area contributed by atoms with Crippen LogP contribution in [0.3, 0.4) is 0 Å². The van der Waals surface area contributed by atoms with E-state index in [1.165, 1.54) is 16.6 Å². The first-order valence-corrected chi connectivity index (χ1v) is 9.87. The van der Waals surface area contributed by atoms with Gasteiger partial charge in [-0.1, -0.05) is 0 Å². The molecule has 3 aromatic rings. The van der Waals surface area contributed by atoms with Crippen molar-refractivity contribution in [3.63, 3.8) is 0 Å². The van der Waals surface area contributed by atoms with Crippen LogP contribution in [0.1, 0.15) is 36.9 Å². The summed E-state index contributed by atoms with van der Waals surface area (Å²) in [5.74, 6) is -0.290. The molecule has 0 saturated carbocycles. The molecule has 2 aromatic heterocycles. The van der Waals surface area contributed by atoms with Crippen LogP contribution in [0, 0.1) is 5.82 Å². The molecule has 2 aliphatic rings. The number of halogens is 1. The van der Waals surface area contributed by atoms with Gasteiger partial charge in [-0.3, -0.25) is 14.7 Å². The predicted molar refractivity (Wildman–Crippen MR) is 104 cm³/mol. The van der Waals surface area contributed by atoms with Crippen molar-refractivity contribution in [1.29, 1.82) is 0 Å². The standard InChI is InChI=1S/C21H21FN4O3/c22-14-5-3-13(4-6-14)17-10-19-23-18-12-25(11-16(18)21(28)26(19)24-17)20(27)8-7-15-2-1-9-29-15/h3-6,10,15,24H,1-2,7-9,11-12H2. The number of ether oxygens (including phenoxy) is 1. The molecule has 4 heterocycles. The number of amides is 1. The fraction of sp³-hybridized carbons (Fsp3) is 0.381. The van der Waals surface area contributed by atoms with E-state index >= 15 is 0 Å². The van der Waals surface area contributed by atoms with Crippen LogP contribution in [0.4, 0.5) is 4.39 Å². The van der Waals surface area contributed by atoms with Gasteiger partial charge in [0.2, 0.25) is 5.91 Å². The molecule has 29 heavy (non-hydrogen) atoms. The quantitative estimate of drug-likeness (QED) is 0.735. The summed E-state index contributed by atoms with van der Waals surface area (Å²) in [5.41, 5.74) is 2.92. The van der Waals surface area contributed by atoms with Crippen molar-refractivity contribution >= 4 is 11.6 Å². The van der Waals surface area contributed by atoms with Crippen molar-refractivity contribution in [3.8, 4) is 11.3 Å². The van der Waals surface area contributed by atoms with E-state index in [1.807, 2.05) is 0 Å². The second-order valence-corrected chi connectivity index (χ2v) is 7.64. The molecule has 0 radical (unpaired) electrons. The number of rotatable bonds is 4. The Labute approximate surface area is 166 Å². The first-order chi connectivity index (χ1) is 14.1. The Morgan fingerprint density at radius 2 is 2.10 bits per heavy atom. The smallest absolute Gasteiger partial charge is 0.278 e. The van der Waals surface area contributed by atoms with Crippen LogP contribution in [0.15, 0.2) is 35.1 Å². The molecule has 0 aliphatic carbocycles. The average molecular weight is 396 g/mol. The number of benzene rings is 1. The van der Waals surface area contributed by atoms with Gasteiger partial charge < -0.3 is 9.64 Å². The Morgan fingerprint density at radius 3 is 2.86 bits per heavy atom. The zero-order valence-electron chi connectivity index (χ0n) is 15.9. The van der Waals surface area contributed by atoms with E-state index in [1.54, 1.807) is 23.1 Å². The largest absolute Gasteiger partial charge is 0.378 e. The number of nitrogens with zero attached hydrogens (tertiary/aromatic N) is 3. The van der Waals surface area contributed by atoms with Crippen molar-refractivity contribution in [1.82, 2.24) is 19.5 Å². The SMILES string of the molecule is O=C(CCC1CCCO1)N1Cc2nc3cc(-c4ccc(F)cc4)[nH]n3c(=O)c2C1. The van der Waals surface area contributed by atoms with Crippen LogP contribution >= 0.6 is 0 Å². The van der Waals surface area contributed by atoms with Gasteiger partial charge in [0.05, 0.1) is 36.1 Å². The van der Waals surface area contributed by atoms with Crippen molar-refractivity contribution < 1.29 is 13.9 Å². The van der Waals surface area contributed by atoms with Crippen LogP contribution in [0.25, 0.3) is 16.9 Å². The minimum absolute atomic E-state index is 0.0264. The van der Waals surface area contributed by atoms with E-state index in [9.17, 15) is 14.0 Å². The number of carbonyl (C=O) groups is 1. The summed E-state index contributed by atoms with van der Waals surface area (Å²) < 4.78 is 20.1. The maximum Gasteiger partial charge on any atom is 0.278 e. The lowest BCUT2D eigenvalue weighted by Gasteiger charge is -2.16. The third-order valence-electron chi connectivity index (χ3n) is 5.70.